The molecule has 20 heavy (non-hydrogen) atoms. The van der Waals surface area contributed by atoms with E-state index in [1.807, 2.05) is 38.5 Å². The number of aromatic nitrogens is 1. The zero-order valence-corrected chi connectivity index (χ0v) is 13.9. The lowest BCUT2D eigenvalue weighted by molar-refractivity contribution is 0.810. The highest BCUT2D eigenvalue weighted by Gasteiger charge is 2.09. The van der Waals surface area contributed by atoms with Crippen LogP contribution in [0.5, 0.6) is 0 Å². The minimum absolute atomic E-state index is 0.678. The van der Waals surface area contributed by atoms with Gasteiger partial charge in [-0.25, -0.2) is 4.98 Å². The van der Waals surface area contributed by atoms with Crippen molar-refractivity contribution < 1.29 is 0 Å². The van der Waals surface area contributed by atoms with E-state index in [4.69, 9.17) is 11.6 Å². The van der Waals surface area contributed by atoms with Gasteiger partial charge in [-0.3, -0.25) is 0 Å². The van der Waals surface area contributed by atoms with E-state index in [2.05, 4.69) is 43.3 Å². The minimum atomic E-state index is 0.678. The van der Waals surface area contributed by atoms with Crippen LogP contribution in [0.4, 0.5) is 5.82 Å². The smallest absolute Gasteiger partial charge is 0.147 e. The molecular weight excluding hydrogens is 338 g/mol. The van der Waals surface area contributed by atoms with Crippen molar-refractivity contribution in [2.24, 2.45) is 0 Å². The molecule has 0 fully saturated rings. The normalized spacial score (nSPS) is 10.6. The maximum atomic E-state index is 6.31. The van der Waals surface area contributed by atoms with Crippen molar-refractivity contribution in [2.45, 2.75) is 13.1 Å². The van der Waals surface area contributed by atoms with Crippen LogP contribution in [0.15, 0.2) is 41.0 Å². The van der Waals surface area contributed by atoms with Crippen LogP contribution >= 0.6 is 27.5 Å². The van der Waals surface area contributed by atoms with Gasteiger partial charge in [0, 0.05) is 30.8 Å². The van der Waals surface area contributed by atoms with Gasteiger partial charge in [-0.2, -0.15) is 0 Å². The summed E-state index contributed by atoms with van der Waals surface area (Å²) in [5.41, 5.74) is 2.30. The summed E-state index contributed by atoms with van der Waals surface area (Å²) in [6.07, 6.45) is 1.86. The lowest BCUT2D eigenvalue weighted by Crippen LogP contribution is -2.18. The van der Waals surface area contributed by atoms with Gasteiger partial charge in [0.2, 0.25) is 0 Å². The molecule has 0 aliphatic carbocycles. The van der Waals surface area contributed by atoms with Crippen LogP contribution in [-0.4, -0.2) is 19.1 Å². The summed E-state index contributed by atoms with van der Waals surface area (Å²) >= 11 is 9.75. The summed E-state index contributed by atoms with van der Waals surface area (Å²) < 4.78 is 1.08. The van der Waals surface area contributed by atoms with Crippen molar-refractivity contribution in [1.82, 2.24) is 10.3 Å². The number of anilines is 1. The fraction of sp³-hybridized carbons (Fsp3) is 0.267. The topological polar surface area (TPSA) is 28.2 Å². The Morgan fingerprint density at radius 3 is 2.55 bits per heavy atom. The Morgan fingerprint density at radius 2 is 1.95 bits per heavy atom. The predicted molar refractivity (Wildman–Crippen MR) is 88.3 cm³/mol. The number of hydrogen-bond donors (Lipinski definition) is 1. The van der Waals surface area contributed by atoms with Crippen molar-refractivity contribution in [3.63, 3.8) is 0 Å². The quantitative estimate of drug-likeness (QED) is 0.884. The number of nitrogens with zero attached hydrogens (tertiary/aromatic N) is 2. The third-order valence-electron chi connectivity index (χ3n) is 2.95. The van der Waals surface area contributed by atoms with Crippen LogP contribution in [0, 0.1) is 0 Å². The zero-order valence-electron chi connectivity index (χ0n) is 11.5. The fourth-order valence-electron chi connectivity index (χ4n) is 1.99. The Labute approximate surface area is 133 Å². The maximum Gasteiger partial charge on any atom is 0.147 e. The van der Waals surface area contributed by atoms with Crippen molar-refractivity contribution in [3.8, 4) is 0 Å². The molecule has 0 atom stereocenters. The highest BCUT2D eigenvalue weighted by molar-refractivity contribution is 9.10. The SMILES string of the molecule is CNCc1cnc(N(C)Cc2ccc(Br)cc2)c(Cl)c1. The van der Waals surface area contributed by atoms with Gasteiger partial charge in [-0.05, 0) is 36.4 Å². The first-order valence-electron chi connectivity index (χ1n) is 6.34. The Hall–Kier alpha value is -1.10. The van der Waals surface area contributed by atoms with Crippen LogP contribution in [0.2, 0.25) is 5.02 Å². The van der Waals surface area contributed by atoms with Crippen molar-refractivity contribution in [2.75, 3.05) is 19.0 Å². The van der Waals surface area contributed by atoms with E-state index in [-0.39, 0.29) is 0 Å². The molecule has 1 aromatic carbocycles. The first-order chi connectivity index (χ1) is 9.60. The van der Waals surface area contributed by atoms with Crippen molar-refractivity contribution in [3.05, 3.63) is 57.2 Å². The minimum Gasteiger partial charge on any atom is -0.354 e. The molecule has 0 unspecified atom stereocenters. The van der Waals surface area contributed by atoms with E-state index in [1.54, 1.807) is 0 Å². The molecule has 0 saturated heterocycles. The molecule has 0 radical (unpaired) electrons. The third-order valence-corrected chi connectivity index (χ3v) is 3.76. The molecule has 0 aliphatic heterocycles. The Kier molecular flexibility index (Phi) is 5.40. The molecule has 1 N–H and O–H groups in total. The first-order valence-corrected chi connectivity index (χ1v) is 7.52. The van der Waals surface area contributed by atoms with E-state index in [9.17, 15) is 0 Å². The monoisotopic (exact) mass is 353 g/mol. The molecule has 0 bridgehead atoms. The van der Waals surface area contributed by atoms with Gasteiger partial charge in [0.1, 0.15) is 5.82 Å². The summed E-state index contributed by atoms with van der Waals surface area (Å²) in [4.78, 5) is 6.51. The number of rotatable bonds is 5. The summed E-state index contributed by atoms with van der Waals surface area (Å²) in [7, 11) is 3.90. The largest absolute Gasteiger partial charge is 0.354 e. The first kappa shape index (κ1) is 15.3. The summed E-state index contributed by atoms with van der Waals surface area (Å²) in [6, 6.07) is 10.2. The van der Waals surface area contributed by atoms with Crippen LogP contribution in [-0.2, 0) is 13.1 Å². The summed E-state index contributed by atoms with van der Waals surface area (Å²) in [5, 5.41) is 3.77. The number of pyridine rings is 1. The molecule has 0 amide bonds. The van der Waals surface area contributed by atoms with Gasteiger partial charge in [0.15, 0.2) is 0 Å². The average Bonchev–Trinajstić information content (AvgIpc) is 2.42. The summed E-state index contributed by atoms with van der Waals surface area (Å²) in [6.45, 7) is 1.54. The van der Waals surface area contributed by atoms with Gasteiger partial charge in [-0.1, -0.05) is 39.7 Å². The molecular formula is C15H17BrClN3. The molecule has 5 heteroatoms. The molecule has 106 valence electrons. The third kappa shape index (κ3) is 3.95. The number of hydrogen-bond acceptors (Lipinski definition) is 3. The maximum absolute atomic E-state index is 6.31. The van der Waals surface area contributed by atoms with E-state index in [0.717, 1.165) is 28.9 Å². The molecule has 1 aromatic heterocycles. The molecule has 2 aromatic rings. The molecule has 1 heterocycles. The standard InChI is InChI=1S/C15H17BrClN3/c1-18-8-12-7-14(17)15(19-9-12)20(2)10-11-3-5-13(16)6-4-11/h3-7,9,18H,8,10H2,1-2H3. The molecule has 0 spiro atoms. The van der Waals surface area contributed by atoms with E-state index in [1.165, 1.54) is 5.56 Å². The van der Waals surface area contributed by atoms with Crippen molar-refractivity contribution >= 4 is 33.3 Å². The van der Waals surface area contributed by atoms with Gasteiger partial charge in [0.25, 0.3) is 0 Å². The predicted octanol–water partition coefficient (Wildman–Crippen LogP) is 3.85. The Balaban J connectivity index is 2.12. The van der Waals surface area contributed by atoms with Crippen LogP contribution in [0.1, 0.15) is 11.1 Å². The second-order valence-electron chi connectivity index (χ2n) is 4.66. The number of halogens is 2. The number of benzene rings is 1. The molecule has 2 rings (SSSR count). The average molecular weight is 355 g/mol. The van der Waals surface area contributed by atoms with Gasteiger partial charge < -0.3 is 10.2 Å². The second-order valence-corrected chi connectivity index (χ2v) is 5.98. The van der Waals surface area contributed by atoms with Gasteiger partial charge in [0.05, 0.1) is 5.02 Å². The highest BCUT2D eigenvalue weighted by Crippen LogP contribution is 2.24. The Bertz CT molecular complexity index is 572. The fourth-order valence-corrected chi connectivity index (χ4v) is 2.59. The summed E-state index contributed by atoms with van der Waals surface area (Å²) in [5.74, 6) is 0.800. The van der Waals surface area contributed by atoms with E-state index < -0.39 is 0 Å². The zero-order chi connectivity index (χ0) is 14.5. The lowest BCUT2D eigenvalue weighted by Gasteiger charge is -2.20. The van der Waals surface area contributed by atoms with Gasteiger partial charge in [-0.15, -0.1) is 0 Å². The van der Waals surface area contributed by atoms with E-state index >= 15 is 0 Å². The highest BCUT2D eigenvalue weighted by atomic mass is 79.9. The molecule has 3 nitrogen and oxygen atoms in total. The second kappa shape index (κ2) is 7.07. The van der Waals surface area contributed by atoms with E-state index in [0.29, 0.717) is 5.02 Å². The number of nitrogens with one attached hydrogen (secondary N) is 1. The Morgan fingerprint density at radius 1 is 1.25 bits per heavy atom. The van der Waals surface area contributed by atoms with Gasteiger partial charge >= 0.3 is 0 Å². The van der Waals surface area contributed by atoms with Crippen LogP contribution < -0.4 is 10.2 Å². The van der Waals surface area contributed by atoms with Crippen molar-refractivity contribution in [1.29, 1.82) is 0 Å². The van der Waals surface area contributed by atoms with Crippen LogP contribution in [0.25, 0.3) is 0 Å². The molecule has 0 aliphatic rings. The van der Waals surface area contributed by atoms with Crippen LogP contribution in [0.3, 0.4) is 0 Å². The lowest BCUT2D eigenvalue weighted by atomic mass is 10.2. The molecule has 0 saturated carbocycles.